The van der Waals surface area contributed by atoms with E-state index < -0.39 is 12.4 Å². The Bertz CT molecular complexity index is 75.7. The average molecular weight is 147 g/mol. The minimum Gasteiger partial charge on any atom is -0.465 e. The van der Waals surface area contributed by atoms with Crippen LogP contribution in [0.4, 0.5) is 8.78 Å². The van der Waals surface area contributed by atoms with Gasteiger partial charge in [0.15, 0.2) is 0 Å². The Morgan fingerprint density at radius 3 is 2.00 bits per heavy atom. The zero-order chi connectivity index (χ0) is 5.86. The number of ether oxygens (including phenoxy) is 1. The first-order valence-electron chi connectivity index (χ1n) is 1.54. The first-order chi connectivity index (χ1) is 3.18. The van der Waals surface area contributed by atoms with Crippen molar-refractivity contribution in [1.82, 2.24) is 0 Å². The highest BCUT2D eigenvalue weighted by atomic mass is 35.5. The summed E-state index contributed by atoms with van der Waals surface area (Å²) in [5.74, 6) is -1.49. The third-order valence-electron chi connectivity index (χ3n) is 0.379. The number of carbonyl (C=O) groups is 1. The second-order valence-corrected chi connectivity index (χ2v) is 0.824. The Labute approximate surface area is 51.2 Å². The summed E-state index contributed by atoms with van der Waals surface area (Å²) in [7, 11) is 0.911. The number of methoxy groups -OCH3 is 1. The molecule has 0 N–H and O–H groups in total. The lowest BCUT2D eigenvalue weighted by Crippen LogP contribution is -2.10. The van der Waals surface area contributed by atoms with E-state index in [-0.39, 0.29) is 12.4 Å². The molecule has 0 aromatic heterocycles. The molecule has 0 aliphatic rings. The molecule has 2 nitrogen and oxygen atoms in total. The second kappa shape index (κ2) is 4.77. The molecule has 0 aromatic rings. The van der Waals surface area contributed by atoms with Gasteiger partial charge in [0.05, 0.1) is 7.11 Å². The highest BCUT2D eigenvalue weighted by Gasteiger charge is 2.13. The van der Waals surface area contributed by atoms with Crippen molar-refractivity contribution in [2.24, 2.45) is 0 Å². The Balaban J connectivity index is 0. The topological polar surface area (TPSA) is 26.3 Å². The van der Waals surface area contributed by atoms with Crippen LogP contribution in [0.3, 0.4) is 0 Å². The smallest absolute Gasteiger partial charge is 0.373 e. The Hall–Kier alpha value is -0.380. The van der Waals surface area contributed by atoms with Crippen LogP contribution in [0, 0.1) is 0 Å². The highest BCUT2D eigenvalue weighted by molar-refractivity contribution is 5.85. The first-order valence-corrected chi connectivity index (χ1v) is 1.54. The van der Waals surface area contributed by atoms with Crippen molar-refractivity contribution in [3.63, 3.8) is 0 Å². The summed E-state index contributed by atoms with van der Waals surface area (Å²) in [6.45, 7) is 0. The number of rotatable bonds is 1. The molecule has 8 heavy (non-hydrogen) atoms. The van der Waals surface area contributed by atoms with Gasteiger partial charge in [-0.15, -0.1) is 12.4 Å². The molecule has 0 amide bonds. The fourth-order valence-corrected chi connectivity index (χ4v) is 0.0891. The number of carbonyl (C=O) groups excluding carboxylic acids is 1. The van der Waals surface area contributed by atoms with E-state index in [0.29, 0.717) is 0 Å². The van der Waals surface area contributed by atoms with Gasteiger partial charge in [0.1, 0.15) is 0 Å². The largest absolute Gasteiger partial charge is 0.465 e. The molecule has 0 aliphatic carbocycles. The first kappa shape index (κ1) is 10.6. The van der Waals surface area contributed by atoms with Crippen LogP contribution in [0.5, 0.6) is 0 Å². The summed E-state index contributed by atoms with van der Waals surface area (Å²) in [4.78, 5) is 9.54. The third-order valence-corrected chi connectivity index (χ3v) is 0.379. The normalized spacial score (nSPS) is 8.00. The predicted molar refractivity (Wildman–Crippen MR) is 25.3 cm³/mol. The van der Waals surface area contributed by atoms with Crippen molar-refractivity contribution in [1.29, 1.82) is 0 Å². The molecule has 50 valence electrons. The van der Waals surface area contributed by atoms with Crippen molar-refractivity contribution in [3.05, 3.63) is 0 Å². The van der Waals surface area contributed by atoms with Crippen molar-refractivity contribution >= 4 is 18.4 Å². The standard InChI is InChI=1S/C3H4F2O2.ClH/c1-7-3(6)2(4)5;/h2H,1H3;1H. The van der Waals surface area contributed by atoms with E-state index in [2.05, 4.69) is 4.74 Å². The van der Waals surface area contributed by atoms with Crippen molar-refractivity contribution in [2.75, 3.05) is 7.11 Å². The van der Waals surface area contributed by atoms with Crippen LogP contribution >= 0.6 is 12.4 Å². The summed E-state index contributed by atoms with van der Waals surface area (Å²) in [6.07, 6.45) is -3.00. The zero-order valence-electron chi connectivity index (χ0n) is 4.06. The molecule has 0 saturated carbocycles. The summed E-state index contributed by atoms with van der Waals surface area (Å²) >= 11 is 0. The van der Waals surface area contributed by atoms with Gasteiger partial charge in [-0.2, -0.15) is 8.78 Å². The van der Waals surface area contributed by atoms with Crippen molar-refractivity contribution in [2.45, 2.75) is 6.43 Å². The Morgan fingerprint density at radius 1 is 1.62 bits per heavy atom. The number of esters is 1. The lowest BCUT2D eigenvalue weighted by molar-refractivity contribution is -0.153. The second-order valence-electron chi connectivity index (χ2n) is 0.824. The maximum Gasteiger partial charge on any atom is 0.373 e. The van der Waals surface area contributed by atoms with Gasteiger partial charge >= 0.3 is 12.4 Å². The van der Waals surface area contributed by atoms with E-state index >= 15 is 0 Å². The minimum atomic E-state index is -3.00. The van der Waals surface area contributed by atoms with Crippen LogP contribution in [0.2, 0.25) is 0 Å². The molecule has 0 aromatic carbocycles. The summed E-state index contributed by atoms with van der Waals surface area (Å²) < 4.78 is 25.5. The third kappa shape index (κ3) is 3.80. The van der Waals surface area contributed by atoms with E-state index in [0.717, 1.165) is 7.11 Å². The van der Waals surface area contributed by atoms with Crippen LogP contribution in [-0.2, 0) is 9.53 Å². The van der Waals surface area contributed by atoms with Gasteiger partial charge in [0, 0.05) is 0 Å². The summed E-state index contributed by atoms with van der Waals surface area (Å²) in [5, 5.41) is 0. The van der Waals surface area contributed by atoms with Crippen LogP contribution < -0.4 is 0 Å². The van der Waals surface area contributed by atoms with E-state index in [1.807, 2.05) is 0 Å². The number of hydrogen-bond acceptors (Lipinski definition) is 2. The molecule has 0 spiro atoms. The van der Waals surface area contributed by atoms with E-state index in [1.54, 1.807) is 0 Å². The molecular formula is C3H5ClF2O2. The predicted octanol–water partition coefficient (Wildman–Crippen LogP) is 0.846. The molecule has 0 heterocycles. The van der Waals surface area contributed by atoms with Crippen LogP contribution in [0.15, 0.2) is 0 Å². The molecule has 0 saturated heterocycles. The molecule has 0 unspecified atom stereocenters. The summed E-state index contributed by atoms with van der Waals surface area (Å²) in [5.41, 5.74) is 0. The van der Waals surface area contributed by atoms with Crippen LogP contribution in [-0.4, -0.2) is 19.5 Å². The van der Waals surface area contributed by atoms with Crippen molar-refractivity contribution in [3.8, 4) is 0 Å². The van der Waals surface area contributed by atoms with Gasteiger partial charge < -0.3 is 4.74 Å². The minimum absolute atomic E-state index is 0. The van der Waals surface area contributed by atoms with Crippen LogP contribution in [0.1, 0.15) is 0 Å². The molecule has 5 heteroatoms. The van der Waals surface area contributed by atoms with Gasteiger partial charge in [0.25, 0.3) is 0 Å². The average Bonchev–Trinajstić information content (AvgIpc) is 1.65. The molecule has 0 radical (unpaired) electrons. The molecule has 0 bridgehead atoms. The lowest BCUT2D eigenvalue weighted by Gasteiger charge is -1.91. The fraction of sp³-hybridized carbons (Fsp3) is 0.667. The van der Waals surface area contributed by atoms with Crippen LogP contribution in [0.25, 0.3) is 0 Å². The Morgan fingerprint density at radius 2 is 2.00 bits per heavy atom. The van der Waals surface area contributed by atoms with Gasteiger partial charge in [-0.05, 0) is 0 Å². The fourth-order valence-electron chi connectivity index (χ4n) is 0.0891. The maximum absolute atomic E-state index is 11.0. The van der Waals surface area contributed by atoms with Gasteiger partial charge in [-0.3, -0.25) is 0 Å². The van der Waals surface area contributed by atoms with Gasteiger partial charge in [-0.25, -0.2) is 4.79 Å². The molecule has 0 rings (SSSR count). The number of halogens is 3. The Kier molecular flexibility index (Phi) is 6.31. The van der Waals surface area contributed by atoms with Crippen molar-refractivity contribution < 1.29 is 18.3 Å². The quantitative estimate of drug-likeness (QED) is 0.513. The molecular weight excluding hydrogens is 141 g/mol. The summed E-state index contributed by atoms with van der Waals surface area (Å²) in [6, 6.07) is 0. The van der Waals surface area contributed by atoms with E-state index in [9.17, 15) is 13.6 Å². The SMILES string of the molecule is COC(=O)C(F)F.Cl. The monoisotopic (exact) mass is 146 g/mol. The number of alkyl halides is 2. The zero-order valence-corrected chi connectivity index (χ0v) is 4.87. The van der Waals surface area contributed by atoms with E-state index in [1.165, 1.54) is 0 Å². The highest BCUT2D eigenvalue weighted by Crippen LogP contribution is 1.92. The molecule has 0 atom stereocenters. The maximum atomic E-state index is 11.0. The van der Waals surface area contributed by atoms with Gasteiger partial charge in [0.2, 0.25) is 0 Å². The lowest BCUT2D eigenvalue weighted by atomic mass is 10.7. The number of hydrogen-bond donors (Lipinski definition) is 0. The van der Waals surface area contributed by atoms with Gasteiger partial charge in [-0.1, -0.05) is 0 Å². The molecule has 0 fully saturated rings. The van der Waals surface area contributed by atoms with E-state index in [4.69, 9.17) is 0 Å². The molecule has 0 aliphatic heterocycles.